The number of carbonyl (C=O) groups is 1. The highest BCUT2D eigenvalue weighted by molar-refractivity contribution is 5.67. The Morgan fingerprint density at radius 3 is 2.80 bits per heavy atom. The normalized spacial score (nSPS) is 16.3. The molecular weight excluding hydrogens is 320 g/mol. The number of para-hydroxylation sites is 1. The SMILES string of the molecule is C=CCc1ccccc1OC[C@H](O)C[NH+]1CCN(C(=O)OCC)CC1. The fraction of sp³-hybridized carbons (Fsp3) is 0.526. The van der Waals surface area contributed by atoms with Crippen LogP contribution in [-0.2, 0) is 11.2 Å². The molecule has 0 aromatic heterocycles. The molecule has 6 heteroatoms. The van der Waals surface area contributed by atoms with Crippen molar-refractivity contribution in [1.29, 1.82) is 0 Å². The molecule has 0 spiro atoms. The lowest BCUT2D eigenvalue weighted by Gasteiger charge is -2.32. The Morgan fingerprint density at radius 2 is 2.12 bits per heavy atom. The minimum Gasteiger partial charge on any atom is -0.490 e. The van der Waals surface area contributed by atoms with E-state index in [1.54, 1.807) is 4.90 Å². The van der Waals surface area contributed by atoms with Gasteiger partial charge in [-0.1, -0.05) is 24.3 Å². The molecule has 1 heterocycles. The number of aliphatic hydroxyl groups is 1. The van der Waals surface area contributed by atoms with Gasteiger partial charge in [0.1, 0.15) is 25.0 Å². The number of hydrogen-bond acceptors (Lipinski definition) is 4. The summed E-state index contributed by atoms with van der Waals surface area (Å²) in [6, 6.07) is 7.81. The minimum absolute atomic E-state index is 0.246. The van der Waals surface area contributed by atoms with Gasteiger partial charge in [0, 0.05) is 0 Å². The van der Waals surface area contributed by atoms with Gasteiger partial charge < -0.3 is 19.5 Å². The molecule has 2 N–H and O–H groups in total. The number of amides is 1. The smallest absolute Gasteiger partial charge is 0.410 e. The van der Waals surface area contributed by atoms with Crippen molar-refractivity contribution in [3.8, 4) is 5.75 Å². The second-order valence-electron chi connectivity index (χ2n) is 6.21. The molecule has 0 radical (unpaired) electrons. The zero-order chi connectivity index (χ0) is 18.1. The summed E-state index contributed by atoms with van der Waals surface area (Å²) in [5.74, 6) is 0.795. The number of nitrogens with one attached hydrogen (secondary N) is 1. The fourth-order valence-corrected chi connectivity index (χ4v) is 2.97. The molecule has 0 saturated carbocycles. The fourth-order valence-electron chi connectivity index (χ4n) is 2.97. The monoisotopic (exact) mass is 349 g/mol. The number of piperazine rings is 1. The van der Waals surface area contributed by atoms with Crippen LogP contribution in [0.25, 0.3) is 0 Å². The van der Waals surface area contributed by atoms with Gasteiger partial charge in [0.05, 0.1) is 32.8 Å². The number of hydrogen-bond donors (Lipinski definition) is 2. The Morgan fingerprint density at radius 1 is 1.40 bits per heavy atom. The maximum Gasteiger partial charge on any atom is 0.410 e. The van der Waals surface area contributed by atoms with Gasteiger partial charge in [-0.25, -0.2) is 4.79 Å². The largest absolute Gasteiger partial charge is 0.490 e. The number of ether oxygens (including phenoxy) is 2. The molecule has 1 aromatic rings. The quantitative estimate of drug-likeness (QED) is 0.672. The van der Waals surface area contributed by atoms with E-state index < -0.39 is 6.10 Å². The second-order valence-corrected chi connectivity index (χ2v) is 6.21. The Bertz CT molecular complexity index is 556. The van der Waals surface area contributed by atoms with Crippen molar-refractivity contribution in [3.63, 3.8) is 0 Å². The standard InChI is InChI=1S/C19H28N2O4/c1-3-7-16-8-5-6-9-18(16)25-15-17(22)14-20-10-12-21(13-11-20)19(23)24-4-2/h3,5-6,8-9,17,22H,1,4,7,10-15H2,2H3/p+1/t17-/m1/s1. The van der Waals surface area contributed by atoms with Crippen LogP contribution in [0, 0.1) is 0 Å². The molecule has 1 aliphatic heterocycles. The van der Waals surface area contributed by atoms with Crippen LogP contribution in [0.3, 0.4) is 0 Å². The van der Waals surface area contributed by atoms with E-state index in [0.29, 0.717) is 26.2 Å². The van der Waals surface area contributed by atoms with Crippen molar-refractivity contribution in [2.75, 3.05) is 45.9 Å². The summed E-state index contributed by atoms with van der Waals surface area (Å²) >= 11 is 0. The number of benzene rings is 1. The Hall–Kier alpha value is -2.05. The molecule has 1 saturated heterocycles. The lowest BCUT2D eigenvalue weighted by atomic mass is 10.1. The minimum atomic E-state index is -0.541. The number of carbonyl (C=O) groups excluding carboxylic acids is 1. The molecule has 138 valence electrons. The van der Waals surface area contributed by atoms with Crippen molar-refractivity contribution in [2.45, 2.75) is 19.4 Å². The summed E-state index contributed by atoms with van der Waals surface area (Å²) in [4.78, 5) is 14.7. The first-order chi connectivity index (χ1) is 12.1. The molecule has 25 heavy (non-hydrogen) atoms. The maximum absolute atomic E-state index is 11.7. The molecule has 2 rings (SSSR count). The summed E-state index contributed by atoms with van der Waals surface area (Å²) in [5.41, 5.74) is 1.07. The molecule has 1 fully saturated rings. The van der Waals surface area contributed by atoms with Gasteiger partial charge in [0.25, 0.3) is 0 Å². The average molecular weight is 349 g/mol. The van der Waals surface area contributed by atoms with E-state index in [0.717, 1.165) is 30.8 Å². The number of nitrogens with zero attached hydrogens (tertiary/aromatic N) is 1. The topological polar surface area (TPSA) is 63.4 Å². The van der Waals surface area contributed by atoms with Crippen LogP contribution >= 0.6 is 0 Å². The van der Waals surface area contributed by atoms with E-state index in [1.165, 1.54) is 4.90 Å². The van der Waals surface area contributed by atoms with Crippen LogP contribution in [0.15, 0.2) is 36.9 Å². The van der Waals surface area contributed by atoms with Gasteiger partial charge in [0.15, 0.2) is 0 Å². The summed E-state index contributed by atoms with van der Waals surface area (Å²) in [6.07, 6.45) is 1.80. The molecule has 1 aromatic carbocycles. The van der Waals surface area contributed by atoms with Crippen molar-refractivity contribution in [2.24, 2.45) is 0 Å². The molecule has 1 aliphatic rings. The lowest BCUT2D eigenvalue weighted by molar-refractivity contribution is -0.907. The molecule has 1 atom stereocenters. The lowest BCUT2D eigenvalue weighted by Crippen LogP contribution is -3.16. The third kappa shape index (κ3) is 6.07. The molecule has 0 bridgehead atoms. The van der Waals surface area contributed by atoms with Gasteiger partial charge in [0.2, 0.25) is 0 Å². The van der Waals surface area contributed by atoms with Crippen LogP contribution in [0.4, 0.5) is 4.79 Å². The molecule has 1 amide bonds. The van der Waals surface area contributed by atoms with Gasteiger partial charge in [-0.2, -0.15) is 0 Å². The van der Waals surface area contributed by atoms with Crippen LogP contribution < -0.4 is 9.64 Å². The summed E-state index contributed by atoms with van der Waals surface area (Å²) in [5, 5.41) is 10.3. The summed E-state index contributed by atoms with van der Waals surface area (Å²) < 4.78 is 10.8. The summed E-state index contributed by atoms with van der Waals surface area (Å²) in [7, 11) is 0. The average Bonchev–Trinajstić information content (AvgIpc) is 2.62. The van der Waals surface area contributed by atoms with Crippen molar-refractivity contribution < 1.29 is 24.3 Å². The third-order valence-corrected chi connectivity index (χ3v) is 4.29. The number of quaternary nitrogens is 1. The first-order valence-electron chi connectivity index (χ1n) is 8.89. The second kappa shape index (κ2) is 10.1. The van der Waals surface area contributed by atoms with Crippen LogP contribution in [-0.4, -0.2) is 68.1 Å². The number of allylic oxidation sites excluding steroid dienone is 1. The molecular formula is C19H29N2O4+. The first-order valence-corrected chi connectivity index (χ1v) is 8.89. The van der Waals surface area contributed by atoms with E-state index in [4.69, 9.17) is 9.47 Å². The van der Waals surface area contributed by atoms with Crippen LogP contribution in [0.5, 0.6) is 5.75 Å². The van der Waals surface area contributed by atoms with Crippen molar-refractivity contribution in [3.05, 3.63) is 42.5 Å². The highest BCUT2D eigenvalue weighted by Crippen LogP contribution is 2.18. The van der Waals surface area contributed by atoms with Crippen LogP contribution in [0.1, 0.15) is 12.5 Å². The van der Waals surface area contributed by atoms with E-state index >= 15 is 0 Å². The van der Waals surface area contributed by atoms with E-state index in [1.807, 2.05) is 37.3 Å². The molecule has 0 unspecified atom stereocenters. The number of rotatable bonds is 8. The molecule has 0 aliphatic carbocycles. The van der Waals surface area contributed by atoms with E-state index in [-0.39, 0.29) is 12.7 Å². The summed E-state index contributed by atoms with van der Waals surface area (Å²) in [6.45, 7) is 9.77. The Kier molecular flexibility index (Phi) is 7.76. The van der Waals surface area contributed by atoms with E-state index in [9.17, 15) is 9.90 Å². The van der Waals surface area contributed by atoms with E-state index in [2.05, 4.69) is 6.58 Å². The highest BCUT2D eigenvalue weighted by Gasteiger charge is 2.26. The predicted octanol–water partition coefficient (Wildman–Crippen LogP) is 0.512. The van der Waals surface area contributed by atoms with Crippen LogP contribution in [0.2, 0.25) is 0 Å². The van der Waals surface area contributed by atoms with Gasteiger partial charge >= 0.3 is 6.09 Å². The Labute approximate surface area is 149 Å². The van der Waals surface area contributed by atoms with Gasteiger partial charge in [-0.15, -0.1) is 6.58 Å². The third-order valence-electron chi connectivity index (χ3n) is 4.29. The zero-order valence-corrected chi connectivity index (χ0v) is 14.9. The van der Waals surface area contributed by atoms with Gasteiger partial charge in [-0.3, -0.25) is 4.90 Å². The Balaban J connectivity index is 1.74. The number of aliphatic hydroxyl groups excluding tert-OH is 1. The molecule has 6 nitrogen and oxygen atoms in total. The first kappa shape index (κ1) is 19.3. The van der Waals surface area contributed by atoms with Gasteiger partial charge in [-0.05, 0) is 25.0 Å². The highest BCUT2D eigenvalue weighted by atomic mass is 16.6. The van der Waals surface area contributed by atoms with Crippen molar-refractivity contribution >= 4 is 6.09 Å². The predicted molar refractivity (Wildman–Crippen MR) is 96.0 cm³/mol. The zero-order valence-electron chi connectivity index (χ0n) is 14.9. The van der Waals surface area contributed by atoms with Crippen molar-refractivity contribution in [1.82, 2.24) is 4.90 Å². The maximum atomic E-state index is 11.7.